The fourth-order valence-corrected chi connectivity index (χ4v) is 1.54. The third kappa shape index (κ3) is 2.55. The van der Waals surface area contributed by atoms with E-state index in [0.29, 0.717) is 6.42 Å². The van der Waals surface area contributed by atoms with Crippen LogP contribution in [0.1, 0.15) is 39.0 Å². The van der Waals surface area contributed by atoms with Crippen molar-refractivity contribution in [2.75, 3.05) is 0 Å². The highest BCUT2D eigenvalue weighted by atomic mass is 16.4. The van der Waals surface area contributed by atoms with E-state index in [-0.39, 0.29) is 25.3 Å². The summed E-state index contributed by atoms with van der Waals surface area (Å²) in [5.41, 5.74) is 0. The van der Waals surface area contributed by atoms with Crippen LogP contribution in [0.4, 0.5) is 0 Å². The monoisotopic (exact) mass is 212 g/mol. The van der Waals surface area contributed by atoms with E-state index in [9.17, 15) is 14.4 Å². The van der Waals surface area contributed by atoms with Gasteiger partial charge in [0.05, 0.1) is 0 Å². The largest absolute Gasteiger partial charge is 0.479 e. The Kier molecular flexibility index (Phi) is 3.82. The molecule has 0 saturated carbocycles. The van der Waals surface area contributed by atoms with Crippen molar-refractivity contribution in [2.24, 2.45) is 0 Å². The van der Waals surface area contributed by atoms with Crippen LogP contribution in [-0.4, -0.2) is 27.8 Å². The van der Waals surface area contributed by atoms with Crippen LogP contribution in [0.3, 0.4) is 0 Å². The number of likely N-dealkylation sites (tertiary alicyclic amines) is 1. The second-order valence-corrected chi connectivity index (χ2v) is 3.48. The second-order valence-electron chi connectivity index (χ2n) is 3.48. The summed E-state index contributed by atoms with van der Waals surface area (Å²) in [4.78, 5) is 34.4. The molecule has 5 heteroatoms. The Labute approximate surface area is 88.1 Å². The van der Waals surface area contributed by atoms with Gasteiger partial charge in [-0.25, -0.2) is 4.79 Å². The lowest BCUT2D eigenvalue weighted by atomic mass is 10.1. The molecule has 0 spiro atoms. The van der Waals surface area contributed by atoms with Gasteiger partial charge in [-0.3, -0.25) is 14.5 Å². The minimum atomic E-state index is -1.17. The fraction of sp³-hybridized carbons (Fsp3) is 0.600. The standard InChI is InChI=1S/C10H14NO4/c1-2-3-4-7(10(14)15)11-8(12)5-6-9(11)13/h2-6H2,1H3,(H,14,15). The first-order valence-electron chi connectivity index (χ1n) is 5.02. The van der Waals surface area contributed by atoms with Crippen molar-refractivity contribution >= 4 is 17.8 Å². The molecule has 0 aromatic carbocycles. The molecule has 1 radical (unpaired) electrons. The van der Waals surface area contributed by atoms with Gasteiger partial charge in [0.1, 0.15) is 0 Å². The molecule has 0 aromatic heterocycles. The molecular weight excluding hydrogens is 198 g/mol. The van der Waals surface area contributed by atoms with Gasteiger partial charge in [-0.15, -0.1) is 0 Å². The van der Waals surface area contributed by atoms with Gasteiger partial charge in [0, 0.05) is 12.8 Å². The first kappa shape index (κ1) is 11.7. The predicted octanol–water partition coefficient (Wildman–Crippen LogP) is 0.942. The van der Waals surface area contributed by atoms with Crippen LogP contribution >= 0.6 is 0 Å². The molecule has 5 nitrogen and oxygen atoms in total. The van der Waals surface area contributed by atoms with E-state index in [4.69, 9.17) is 5.11 Å². The quantitative estimate of drug-likeness (QED) is 0.688. The minimum absolute atomic E-state index is 0.0793. The zero-order valence-corrected chi connectivity index (χ0v) is 8.65. The third-order valence-electron chi connectivity index (χ3n) is 2.34. The average Bonchev–Trinajstić information content (AvgIpc) is 2.49. The highest BCUT2D eigenvalue weighted by Gasteiger charge is 2.39. The van der Waals surface area contributed by atoms with Crippen LogP contribution in [0.15, 0.2) is 0 Å². The van der Waals surface area contributed by atoms with Gasteiger partial charge in [-0.1, -0.05) is 19.8 Å². The van der Waals surface area contributed by atoms with E-state index in [1.165, 1.54) is 0 Å². The molecule has 1 aliphatic heterocycles. The molecule has 1 rings (SSSR count). The van der Waals surface area contributed by atoms with Gasteiger partial charge < -0.3 is 5.11 Å². The molecule has 1 N–H and O–H groups in total. The lowest BCUT2D eigenvalue weighted by Gasteiger charge is -2.20. The van der Waals surface area contributed by atoms with Crippen LogP contribution in [0.2, 0.25) is 0 Å². The maximum absolute atomic E-state index is 11.3. The Morgan fingerprint density at radius 2 is 1.87 bits per heavy atom. The van der Waals surface area contributed by atoms with E-state index in [0.717, 1.165) is 11.3 Å². The third-order valence-corrected chi connectivity index (χ3v) is 2.34. The minimum Gasteiger partial charge on any atom is -0.479 e. The molecule has 1 fully saturated rings. The van der Waals surface area contributed by atoms with Crippen LogP contribution in [-0.2, 0) is 14.4 Å². The summed E-state index contributed by atoms with van der Waals surface area (Å²) in [5, 5.41) is 8.91. The lowest BCUT2D eigenvalue weighted by Crippen LogP contribution is -2.38. The second kappa shape index (κ2) is 4.91. The molecule has 0 unspecified atom stereocenters. The lowest BCUT2D eigenvalue weighted by molar-refractivity contribution is -0.148. The number of rotatable bonds is 5. The molecule has 1 heterocycles. The number of carbonyl (C=O) groups excluding carboxylic acids is 2. The van der Waals surface area contributed by atoms with Crippen LogP contribution in [0.5, 0.6) is 0 Å². The molecule has 0 atom stereocenters. The number of amides is 2. The smallest absolute Gasteiger partial charge is 0.333 e. The molecule has 1 saturated heterocycles. The number of carbonyl (C=O) groups is 3. The van der Waals surface area contributed by atoms with Gasteiger partial charge >= 0.3 is 5.97 Å². The average molecular weight is 212 g/mol. The maximum Gasteiger partial charge on any atom is 0.333 e. The van der Waals surface area contributed by atoms with Gasteiger partial charge in [-0.2, -0.15) is 0 Å². The van der Waals surface area contributed by atoms with E-state index >= 15 is 0 Å². The number of carboxylic acid groups (broad SMARTS) is 1. The van der Waals surface area contributed by atoms with E-state index in [2.05, 4.69) is 0 Å². The Hall–Kier alpha value is -1.39. The summed E-state index contributed by atoms with van der Waals surface area (Å²) in [5.74, 6) is -1.96. The number of carboxylic acids is 1. The fourth-order valence-electron chi connectivity index (χ4n) is 1.54. The first-order valence-corrected chi connectivity index (χ1v) is 5.02. The number of aliphatic carboxylic acids is 1. The molecule has 15 heavy (non-hydrogen) atoms. The molecular formula is C10H14NO4. The summed E-state index contributed by atoms with van der Waals surface area (Å²) < 4.78 is 0. The molecule has 2 amide bonds. The number of imide groups is 1. The van der Waals surface area contributed by atoms with Crippen molar-refractivity contribution in [3.05, 3.63) is 6.04 Å². The SMILES string of the molecule is CCCC[C](C(=O)O)N1C(=O)CCC1=O. The van der Waals surface area contributed by atoms with Crippen LogP contribution in [0.25, 0.3) is 0 Å². The van der Waals surface area contributed by atoms with E-state index in [1.807, 2.05) is 6.92 Å². The van der Waals surface area contributed by atoms with Gasteiger partial charge in [0.2, 0.25) is 11.8 Å². The van der Waals surface area contributed by atoms with Crippen molar-refractivity contribution in [1.29, 1.82) is 0 Å². The normalized spacial score (nSPS) is 16.5. The summed E-state index contributed by atoms with van der Waals surface area (Å²) in [6.07, 6.45) is 2.01. The summed E-state index contributed by atoms with van der Waals surface area (Å²) >= 11 is 0. The van der Waals surface area contributed by atoms with Crippen molar-refractivity contribution < 1.29 is 19.5 Å². The topological polar surface area (TPSA) is 74.7 Å². The number of unbranched alkanes of at least 4 members (excludes halogenated alkanes) is 1. The number of hydrogen-bond donors (Lipinski definition) is 1. The molecule has 0 aliphatic carbocycles. The molecule has 0 aromatic rings. The number of hydrogen-bond acceptors (Lipinski definition) is 3. The zero-order valence-electron chi connectivity index (χ0n) is 8.65. The van der Waals surface area contributed by atoms with Crippen molar-refractivity contribution in [3.63, 3.8) is 0 Å². The number of nitrogens with zero attached hydrogens (tertiary/aromatic N) is 1. The highest BCUT2D eigenvalue weighted by Crippen LogP contribution is 2.24. The van der Waals surface area contributed by atoms with Crippen LogP contribution < -0.4 is 0 Å². The maximum atomic E-state index is 11.3. The zero-order chi connectivity index (χ0) is 11.4. The molecule has 1 aliphatic rings. The van der Waals surface area contributed by atoms with Crippen LogP contribution in [0, 0.1) is 6.04 Å². The first-order chi connectivity index (χ1) is 7.07. The summed E-state index contributed by atoms with van der Waals surface area (Å²) in [7, 11) is 0. The van der Waals surface area contributed by atoms with Gasteiger partial charge in [0.25, 0.3) is 0 Å². The van der Waals surface area contributed by atoms with Crippen molar-refractivity contribution in [1.82, 2.24) is 4.90 Å². The van der Waals surface area contributed by atoms with E-state index in [1.54, 1.807) is 0 Å². The Morgan fingerprint density at radius 3 is 2.27 bits per heavy atom. The summed E-state index contributed by atoms with van der Waals surface area (Å²) in [6.45, 7) is 1.92. The van der Waals surface area contributed by atoms with Gasteiger partial charge in [0.15, 0.2) is 6.04 Å². The molecule has 83 valence electrons. The Bertz CT molecular complexity index is 271. The van der Waals surface area contributed by atoms with Gasteiger partial charge in [-0.05, 0) is 6.42 Å². The molecule has 0 bridgehead atoms. The van der Waals surface area contributed by atoms with Crippen molar-refractivity contribution in [3.8, 4) is 0 Å². The van der Waals surface area contributed by atoms with Crippen molar-refractivity contribution in [2.45, 2.75) is 39.0 Å². The highest BCUT2D eigenvalue weighted by molar-refractivity contribution is 6.07. The predicted molar refractivity (Wildman–Crippen MR) is 51.5 cm³/mol. The Morgan fingerprint density at radius 1 is 1.33 bits per heavy atom. The summed E-state index contributed by atoms with van der Waals surface area (Å²) in [6, 6.07) is -0.0793. The Balaban J connectivity index is 2.74. The van der Waals surface area contributed by atoms with E-state index < -0.39 is 17.8 Å².